The lowest BCUT2D eigenvalue weighted by molar-refractivity contribution is -0.134. The lowest BCUT2D eigenvalue weighted by Crippen LogP contribution is -2.48. The van der Waals surface area contributed by atoms with Gasteiger partial charge in [-0.2, -0.15) is 0 Å². The van der Waals surface area contributed by atoms with Crippen LogP contribution in [0.3, 0.4) is 0 Å². The second-order valence-corrected chi connectivity index (χ2v) is 7.68. The molecule has 0 N–H and O–H groups in total. The van der Waals surface area contributed by atoms with Gasteiger partial charge in [-0.05, 0) is 31.0 Å². The zero-order chi connectivity index (χ0) is 21.1. The number of halogens is 2. The van der Waals surface area contributed by atoms with Crippen LogP contribution >= 0.6 is 11.6 Å². The molecule has 2 saturated heterocycles. The van der Waals surface area contributed by atoms with E-state index < -0.39 is 5.82 Å². The van der Waals surface area contributed by atoms with Gasteiger partial charge in [-0.1, -0.05) is 17.7 Å². The molecule has 2 fully saturated rings. The fraction of sp³-hybridized carbons (Fsp3) is 0.400. The molecule has 2 aliphatic rings. The highest BCUT2D eigenvalue weighted by Crippen LogP contribution is 2.24. The zero-order valence-corrected chi connectivity index (χ0v) is 17.0. The molecule has 0 aliphatic carbocycles. The van der Waals surface area contributed by atoms with E-state index in [2.05, 4.69) is 9.97 Å². The summed E-state index contributed by atoms with van der Waals surface area (Å²) in [6.07, 6.45) is 3.32. The van der Waals surface area contributed by atoms with Gasteiger partial charge in [0, 0.05) is 30.3 Å². The summed E-state index contributed by atoms with van der Waals surface area (Å²) in [5, 5.41) is 0.555. The molecule has 0 bridgehead atoms. The summed E-state index contributed by atoms with van der Waals surface area (Å²) in [4.78, 5) is 38.0. The number of amides is 3. The third-order valence-electron chi connectivity index (χ3n) is 5.14. The first kappa shape index (κ1) is 20.3. The van der Waals surface area contributed by atoms with Crippen molar-refractivity contribution in [3.05, 3.63) is 47.5 Å². The Hall–Kier alpha value is -2.94. The molecule has 158 valence electrons. The molecule has 4 rings (SSSR count). The number of carbonyl (C=O) groups excluding carboxylic acids is 2. The molecule has 1 atom stereocenters. The fourth-order valence-electron chi connectivity index (χ4n) is 3.65. The molecule has 3 heterocycles. The van der Waals surface area contributed by atoms with Crippen molar-refractivity contribution in [1.29, 1.82) is 0 Å². The largest absolute Gasteiger partial charge is 0.458 e. The molecular formula is C20H21ClFN5O3. The summed E-state index contributed by atoms with van der Waals surface area (Å²) >= 11 is 6.02. The Morgan fingerprint density at radius 2 is 2.03 bits per heavy atom. The number of ether oxygens (including phenoxy) is 1. The number of urea groups is 1. The average Bonchev–Trinajstić information content (AvgIpc) is 3.10. The molecular weight excluding hydrogens is 413 g/mol. The number of piperidine rings is 1. The Kier molecular flexibility index (Phi) is 5.98. The molecule has 0 unspecified atom stereocenters. The van der Waals surface area contributed by atoms with E-state index in [9.17, 15) is 14.0 Å². The first-order valence-electron chi connectivity index (χ1n) is 9.73. The Labute approximate surface area is 178 Å². The second-order valence-electron chi connectivity index (χ2n) is 7.24. The van der Waals surface area contributed by atoms with Gasteiger partial charge in [-0.3, -0.25) is 9.69 Å². The summed E-state index contributed by atoms with van der Waals surface area (Å²) in [5.74, 6) is -0.672. The summed E-state index contributed by atoms with van der Waals surface area (Å²) in [6.45, 7) is 1.95. The number of rotatable bonds is 5. The molecule has 0 saturated carbocycles. The van der Waals surface area contributed by atoms with E-state index in [1.54, 1.807) is 28.0 Å². The molecule has 0 spiro atoms. The van der Waals surface area contributed by atoms with Crippen LogP contribution in [0.5, 0.6) is 6.01 Å². The van der Waals surface area contributed by atoms with Gasteiger partial charge in [-0.15, -0.1) is 0 Å². The van der Waals surface area contributed by atoms with E-state index in [0.717, 1.165) is 25.2 Å². The quantitative estimate of drug-likeness (QED) is 0.724. The number of carbonyl (C=O) groups is 2. The third kappa shape index (κ3) is 4.62. The van der Waals surface area contributed by atoms with Crippen molar-refractivity contribution in [1.82, 2.24) is 19.8 Å². The summed E-state index contributed by atoms with van der Waals surface area (Å²) in [5.41, 5.74) is 0.716. The van der Waals surface area contributed by atoms with Crippen LogP contribution in [-0.4, -0.2) is 70.5 Å². The van der Waals surface area contributed by atoms with Crippen molar-refractivity contribution in [2.75, 3.05) is 37.6 Å². The first-order valence-corrected chi connectivity index (χ1v) is 10.1. The van der Waals surface area contributed by atoms with Crippen molar-refractivity contribution >= 4 is 29.2 Å². The monoisotopic (exact) mass is 433 g/mol. The summed E-state index contributed by atoms with van der Waals surface area (Å²) in [6, 6.07) is 6.96. The SMILES string of the molecule is O=C(CN1CCN(c2cccc(Cl)c2)C1=O)N1CCC[C@@H](Oc2ncc(F)cn2)C1. The van der Waals surface area contributed by atoms with Crippen LogP contribution in [0.25, 0.3) is 0 Å². The zero-order valence-electron chi connectivity index (χ0n) is 16.2. The van der Waals surface area contributed by atoms with Gasteiger partial charge in [-0.25, -0.2) is 19.2 Å². The van der Waals surface area contributed by atoms with Gasteiger partial charge in [0.2, 0.25) is 5.91 Å². The normalized spacial score (nSPS) is 19.3. The van der Waals surface area contributed by atoms with Crippen LogP contribution in [0.4, 0.5) is 14.9 Å². The Morgan fingerprint density at radius 1 is 1.23 bits per heavy atom. The maximum absolute atomic E-state index is 12.9. The van der Waals surface area contributed by atoms with Crippen LogP contribution < -0.4 is 9.64 Å². The molecule has 8 nitrogen and oxygen atoms in total. The van der Waals surface area contributed by atoms with Gasteiger partial charge in [0.1, 0.15) is 12.6 Å². The maximum Gasteiger partial charge on any atom is 0.325 e. The summed E-state index contributed by atoms with van der Waals surface area (Å²) < 4.78 is 18.6. The van der Waals surface area contributed by atoms with E-state index in [4.69, 9.17) is 16.3 Å². The fourth-order valence-corrected chi connectivity index (χ4v) is 3.83. The number of nitrogens with zero attached hydrogens (tertiary/aromatic N) is 5. The van der Waals surface area contributed by atoms with Crippen molar-refractivity contribution in [3.63, 3.8) is 0 Å². The number of likely N-dealkylation sites (tertiary alicyclic amines) is 1. The van der Waals surface area contributed by atoms with Gasteiger partial charge < -0.3 is 14.5 Å². The van der Waals surface area contributed by atoms with Gasteiger partial charge >= 0.3 is 12.0 Å². The standard InChI is InChI=1S/C20H21ClFN5O3/c21-14-3-1-4-16(9-14)27-8-7-26(20(27)29)13-18(28)25-6-2-5-17(12-25)30-19-23-10-15(22)11-24-19/h1,3-4,9-11,17H,2,5-8,12-13H2/t17-/m1/s1. The lowest BCUT2D eigenvalue weighted by Gasteiger charge is -2.33. The lowest BCUT2D eigenvalue weighted by atomic mass is 10.1. The Balaban J connectivity index is 1.33. The minimum Gasteiger partial charge on any atom is -0.458 e. The van der Waals surface area contributed by atoms with E-state index in [0.29, 0.717) is 36.9 Å². The maximum atomic E-state index is 12.9. The van der Waals surface area contributed by atoms with Crippen LogP contribution in [0.2, 0.25) is 5.02 Å². The van der Waals surface area contributed by atoms with Crippen molar-refractivity contribution < 1.29 is 18.7 Å². The van der Waals surface area contributed by atoms with Crippen LogP contribution in [-0.2, 0) is 4.79 Å². The van der Waals surface area contributed by atoms with Crippen LogP contribution in [0, 0.1) is 5.82 Å². The van der Waals surface area contributed by atoms with Crippen molar-refractivity contribution in [3.8, 4) is 6.01 Å². The molecule has 2 aromatic rings. The minimum absolute atomic E-state index is 0.00959. The van der Waals surface area contributed by atoms with Gasteiger partial charge in [0.05, 0.1) is 18.9 Å². The first-order chi connectivity index (χ1) is 14.5. The smallest absolute Gasteiger partial charge is 0.325 e. The van der Waals surface area contributed by atoms with E-state index in [1.807, 2.05) is 6.07 Å². The van der Waals surface area contributed by atoms with Crippen molar-refractivity contribution in [2.45, 2.75) is 18.9 Å². The topological polar surface area (TPSA) is 78.9 Å². The minimum atomic E-state index is -0.537. The predicted molar refractivity (Wildman–Crippen MR) is 108 cm³/mol. The van der Waals surface area contributed by atoms with Crippen LogP contribution in [0.1, 0.15) is 12.8 Å². The Bertz CT molecular complexity index is 929. The van der Waals surface area contributed by atoms with E-state index >= 15 is 0 Å². The molecule has 0 radical (unpaired) electrons. The molecule has 10 heteroatoms. The molecule has 2 aliphatic heterocycles. The highest BCUT2D eigenvalue weighted by atomic mass is 35.5. The highest BCUT2D eigenvalue weighted by Gasteiger charge is 2.33. The highest BCUT2D eigenvalue weighted by molar-refractivity contribution is 6.30. The Morgan fingerprint density at radius 3 is 2.80 bits per heavy atom. The molecule has 30 heavy (non-hydrogen) atoms. The van der Waals surface area contributed by atoms with E-state index in [1.165, 1.54) is 4.90 Å². The van der Waals surface area contributed by atoms with E-state index in [-0.39, 0.29) is 30.6 Å². The van der Waals surface area contributed by atoms with Gasteiger partial charge in [0.25, 0.3) is 0 Å². The summed E-state index contributed by atoms with van der Waals surface area (Å²) in [7, 11) is 0. The van der Waals surface area contributed by atoms with Crippen molar-refractivity contribution in [2.24, 2.45) is 0 Å². The van der Waals surface area contributed by atoms with Gasteiger partial charge in [0.15, 0.2) is 5.82 Å². The third-order valence-corrected chi connectivity index (χ3v) is 5.38. The molecule has 1 aromatic carbocycles. The number of benzene rings is 1. The van der Waals surface area contributed by atoms with Crippen LogP contribution in [0.15, 0.2) is 36.7 Å². The molecule has 1 aromatic heterocycles. The number of hydrogen-bond donors (Lipinski definition) is 0. The average molecular weight is 434 g/mol. The number of anilines is 1. The number of aromatic nitrogens is 2. The predicted octanol–water partition coefficient (Wildman–Crippen LogP) is 2.58. The number of hydrogen-bond acceptors (Lipinski definition) is 5. The molecule has 3 amide bonds. The second kappa shape index (κ2) is 8.83.